The van der Waals surface area contributed by atoms with E-state index in [0.717, 1.165) is 67.1 Å². The first kappa shape index (κ1) is 26.5. The van der Waals surface area contributed by atoms with Crippen LogP contribution in [0, 0.1) is 13.8 Å². The monoisotopic (exact) mass is 479 g/mol. The zero-order chi connectivity index (χ0) is 25.2. The fourth-order valence-corrected chi connectivity index (χ4v) is 6.06. The highest BCUT2D eigenvalue weighted by Crippen LogP contribution is 2.40. The molecule has 5 heteroatoms. The quantitative estimate of drug-likeness (QED) is 0.304. The molecule has 0 unspecified atom stereocenters. The van der Waals surface area contributed by atoms with Crippen molar-refractivity contribution in [2.75, 3.05) is 0 Å². The Morgan fingerprint density at radius 3 is 2.18 bits per heavy atom. The molecule has 0 aliphatic carbocycles. The molecule has 0 saturated carbocycles. The van der Waals surface area contributed by atoms with Crippen LogP contribution in [0.4, 0.5) is 0 Å². The van der Waals surface area contributed by atoms with Crippen molar-refractivity contribution in [3.8, 4) is 5.75 Å². The third-order valence-corrected chi connectivity index (χ3v) is 7.11. The van der Waals surface area contributed by atoms with Gasteiger partial charge in [-0.1, -0.05) is 60.5 Å². The van der Waals surface area contributed by atoms with Gasteiger partial charge in [0.05, 0.1) is 6.54 Å². The summed E-state index contributed by atoms with van der Waals surface area (Å²) in [4.78, 5) is 9.94. The molecule has 0 N–H and O–H groups in total. The van der Waals surface area contributed by atoms with E-state index in [0.29, 0.717) is 0 Å². The molecule has 0 atom stereocenters. The first-order chi connectivity index (χ1) is 16.0. The summed E-state index contributed by atoms with van der Waals surface area (Å²) in [6, 6.07) is 4.58. The van der Waals surface area contributed by atoms with Crippen LogP contribution in [0.25, 0.3) is 11.2 Å². The van der Waals surface area contributed by atoms with E-state index in [9.17, 15) is 0 Å². The minimum Gasteiger partial charge on any atom is -0.547 e. The molecule has 1 aromatic carbocycles. The predicted molar refractivity (Wildman–Crippen MR) is 148 cm³/mol. The zero-order valence-electron chi connectivity index (χ0n) is 23.2. The normalized spacial score (nSPS) is 12.2. The number of pyridine rings is 1. The molecule has 0 spiro atoms. The number of nitrogens with zero attached hydrogens (tertiary/aromatic N) is 3. The number of aryl methyl sites for hydroxylation is 4. The lowest BCUT2D eigenvalue weighted by Crippen LogP contribution is -2.22. The van der Waals surface area contributed by atoms with Crippen molar-refractivity contribution in [3.05, 3.63) is 51.5 Å². The van der Waals surface area contributed by atoms with Gasteiger partial charge in [-0.3, -0.25) is 0 Å². The van der Waals surface area contributed by atoms with Crippen molar-refractivity contribution in [2.24, 2.45) is 0 Å². The van der Waals surface area contributed by atoms with Gasteiger partial charge in [0.15, 0.2) is 5.65 Å². The lowest BCUT2D eigenvalue weighted by molar-refractivity contribution is 0.529. The predicted octanol–water partition coefficient (Wildman–Crippen LogP) is 7.22. The molecule has 0 bridgehead atoms. The molecule has 2 aromatic heterocycles. The summed E-state index contributed by atoms with van der Waals surface area (Å²) in [7, 11) is -1.30. The van der Waals surface area contributed by atoms with E-state index in [1.807, 2.05) is 0 Å². The third-order valence-electron chi connectivity index (χ3n) is 6.41. The van der Waals surface area contributed by atoms with Crippen molar-refractivity contribution in [1.29, 1.82) is 0 Å². The summed E-state index contributed by atoms with van der Waals surface area (Å²) in [5.41, 5.74) is 10.0. The van der Waals surface area contributed by atoms with Crippen LogP contribution in [0.15, 0.2) is 12.1 Å². The largest absolute Gasteiger partial charge is 0.547 e. The molecule has 3 rings (SSSR count). The summed E-state index contributed by atoms with van der Waals surface area (Å²) in [6.07, 6.45) is 5.28. The van der Waals surface area contributed by atoms with Gasteiger partial charge < -0.3 is 8.99 Å². The summed E-state index contributed by atoms with van der Waals surface area (Å²) in [5, 5.41) is 0. The van der Waals surface area contributed by atoms with Crippen LogP contribution >= 0.6 is 0 Å². The van der Waals surface area contributed by atoms with Crippen molar-refractivity contribution in [1.82, 2.24) is 14.5 Å². The minimum atomic E-state index is -1.30. The molecule has 0 amide bonds. The molecule has 0 aliphatic rings. The van der Waals surface area contributed by atoms with Crippen LogP contribution in [0.3, 0.4) is 0 Å². The van der Waals surface area contributed by atoms with Gasteiger partial charge in [-0.15, -0.1) is 0 Å². The molecule has 0 aliphatic heterocycles. The fraction of sp³-hybridized carbons (Fsp3) is 0.586. The summed E-state index contributed by atoms with van der Waals surface area (Å²) >= 11 is 0. The van der Waals surface area contributed by atoms with Crippen molar-refractivity contribution in [2.45, 2.75) is 113 Å². The highest BCUT2D eigenvalue weighted by Gasteiger charge is 2.27. The van der Waals surface area contributed by atoms with Crippen LogP contribution in [0.2, 0.25) is 13.1 Å². The number of benzene rings is 1. The standard InChI is InChI=1S/C29H45N3OSi/c1-11-14-21-17-22(27(33-34(9)10)23(15-12-2)25(21)29(6,7)8)18-32-24(13-3)31-26-19(4)16-20(5)30-28(26)32/h16-17,34H,11-15,18H2,1-10H3. The Morgan fingerprint density at radius 1 is 0.941 bits per heavy atom. The van der Waals surface area contributed by atoms with E-state index in [-0.39, 0.29) is 5.41 Å². The van der Waals surface area contributed by atoms with Crippen molar-refractivity contribution < 1.29 is 4.43 Å². The lowest BCUT2D eigenvalue weighted by atomic mass is 9.77. The van der Waals surface area contributed by atoms with Gasteiger partial charge in [0.2, 0.25) is 9.04 Å². The van der Waals surface area contributed by atoms with Crippen LogP contribution in [-0.2, 0) is 31.2 Å². The van der Waals surface area contributed by atoms with Gasteiger partial charge in [-0.05, 0) is 73.5 Å². The summed E-state index contributed by atoms with van der Waals surface area (Å²) < 4.78 is 9.10. The van der Waals surface area contributed by atoms with Crippen LogP contribution < -0.4 is 4.43 Å². The van der Waals surface area contributed by atoms with Gasteiger partial charge in [0.1, 0.15) is 17.1 Å². The van der Waals surface area contributed by atoms with Gasteiger partial charge in [-0.2, -0.15) is 0 Å². The van der Waals surface area contributed by atoms with E-state index >= 15 is 0 Å². The maximum atomic E-state index is 6.76. The summed E-state index contributed by atoms with van der Waals surface area (Å²) in [5.74, 6) is 2.24. The molecule has 2 heterocycles. The van der Waals surface area contributed by atoms with E-state index in [4.69, 9.17) is 14.4 Å². The molecule has 4 nitrogen and oxygen atoms in total. The fourth-order valence-electron chi connectivity index (χ4n) is 5.29. The van der Waals surface area contributed by atoms with Crippen LogP contribution in [-0.4, -0.2) is 23.6 Å². The van der Waals surface area contributed by atoms with Crippen LogP contribution in [0.1, 0.15) is 93.7 Å². The average molecular weight is 480 g/mol. The summed E-state index contributed by atoms with van der Waals surface area (Å²) in [6.45, 7) is 23.3. The third kappa shape index (κ3) is 5.40. The smallest absolute Gasteiger partial charge is 0.229 e. The number of fused-ring (bicyclic) bond motifs is 1. The van der Waals surface area contributed by atoms with E-state index in [1.165, 1.54) is 27.8 Å². The molecule has 186 valence electrons. The molecule has 34 heavy (non-hydrogen) atoms. The lowest BCUT2D eigenvalue weighted by Gasteiger charge is -2.31. The van der Waals surface area contributed by atoms with Gasteiger partial charge in [-0.25, -0.2) is 9.97 Å². The van der Waals surface area contributed by atoms with E-state index < -0.39 is 9.04 Å². The molecular weight excluding hydrogens is 434 g/mol. The first-order valence-electron chi connectivity index (χ1n) is 13.2. The first-order valence-corrected chi connectivity index (χ1v) is 16.0. The Morgan fingerprint density at radius 2 is 1.62 bits per heavy atom. The molecule has 0 radical (unpaired) electrons. The average Bonchev–Trinajstić information content (AvgIpc) is 3.07. The Kier molecular flexibility index (Phi) is 8.28. The number of imidazole rings is 1. The number of hydrogen-bond acceptors (Lipinski definition) is 3. The van der Waals surface area contributed by atoms with Crippen molar-refractivity contribution >= 4 is 20.2 Å². The molecule has 0 saturated heterocycles. The Balaban J connectivity index is 2.33. The minimum absolute atomic E-state index is 0.0796. The number of aromatic nitrogens is 3. The maximum absolute atomic E-state index is 6.76. The second kappa shape index (κ2) is 10.6. The topological polar surface area (TPSA) is 39.9 Å². The molecule has 3 aromatic rings. The Bertz CT molecular complexity index is 1150. The molecule has 0 fully saturated rings. The zero-order valence-corrected chi connectivity index (χ0v) is 24.4. The molecular formula is C29H45N3OSi. The second-order valence-electron chi connectivity index (χ2n) is 11.0. The second-order valence-corrected chi connectivity index (χ2v) is 13.3. The highest BCUT2D eigenvalue weighted by molar-refractivity contribution is 6.49. The van der Waals surface area contributed by atoms with Gasteiger partial charge >= 0.3 is 0 Å². The van der Waals surface area contributed by atoms with E-state index in [1.54, 1.807) is 0 Å². The van der Waals surface area contributed by atoms with E-state index in [2.05, 4.69) is 85.2 Å². The van der Waals surface area contributed by atoms with Crippen LogP contribution in [0.5, 0.6) is 5.75 Å². The highest BCUT2D eigenvalue weighted by atomic mass is 28.3. The Labute approximate surface area is 208 Å². The maximum Gasteiger partial charge on any atom is 0.229 e. The van der Waals surface area contributed by atoms with Gasteiger partial charge in [0.25, 0.3) is 0 Å². The SMILES string of the molecule is CCCc1cc(Cn2c(CC)nc3c(C)cc(C)nc32)c(O[SiH](C)C)c(CCC)c1C(C)(C)C. The van der Waals surface area contributed by atoms with Gasteiger partial charge in [0, 0.05) is 17.7 Å². The Hall–Kier alpha value is -2.14. The number of rotatable bonds is 9. The number of hydrogen-bond donors (Lipinski definition) is 0. The van der Waals surface area contributed by atoms with Crippen molar-refractivity contribution in [3.63, 3.8) is 0 Å².